The number of aromatic amines is 2. The smallest absolute Gasteiger partial charge is 0.328 e. The molecule has 0 saturated carbocycles. The Hall–Kier alpha value is -6.78. The second kappa shape index (κ2) is 17.1. The molecule has 0 fully saturated rings. The molecule has 0 unspecified atom stereocenters. The molecule has 6 aromatic heterocycles. The van der Waals surface area contributed by atoms with Crippen molar-refractivity contribution in [1.82, 2.24) is 49.0 Å². The van der Waals surface area contributed by atoms with Gasteiger partial charge in [-0.05, 0) is 57.6 Å². The third-order valence-corrected chi connectivity index (χ3v) is 9.35. The van der Waals surface area contributed by atoms with E-state index < -0.39 is 0 Å². The highest BCUT2D eigenvalue weighted by molar-refractivity contribution is 6.17. The summed E-state index contributed by atoms with van der Waals surface area (Å²) in [5.74, 6) is 2.04. The minimum atomic E-state index is -0.288. The van der Waals surface area contributed by atoms with Crippen LogP contribution in [0.3, 0.4) is 0 Å². The normalized spacial score (nSPS) is 11.0. The number of pyridine rings is 2. The largest absolute Gasteiger partial charge is 0.382 e. The van der Waals surface area contributed by atoms with Crippen LogP contribution >= 0.6 is 23.2 Å². The number of hydrogen-bond acceptors (Lipinski definition) is 12. The van der Waals surface area contributed by atoms with Crippen molar-refractivity contribution >= 4 is 69.1 Å². The fourth-order valence-electron chi connectivity index (χ4n) is 5.75. The lowest BCUT2D eigenvalue weighted by atomic mass is 10.1. The zero-order valence-electron chi connectivity index (χ0n) is 29.8. The average molecular weight is 792 g/mol. The Morgan fingerprint density at radius 3 is 1.23 bits per heavy atom. The van der Waals surface area contributed by atoms with Crippen LogP contribution < -0.4 is 33.5 Å². The number of imidazole rings is 2. The first kappa shape index (κ1) is 37.5. The van der Waals surface area contributed by atoms with Gasteiger partial charge in [-0.3, -0.25) is 19.1 Å². The monoisotopic (exact) mass is 790 g/mol. The van der Waals surface area contributed by atoms with Gasteiger partial charge < -0.3 is 32.1 Å². The number of hydrogen-bond donors (Lipinski definition) is 6. The van der Waals surface area contributed by atoms with Crippen LogP contribution in [0.1, 0.15) is 33.4 Å². The Labute approximate surface area is 329 Å². The molecule has 8 rings (SSSR count). The Balaban J connectivity index is 0.000000172. The summed E-state index contributed by atoms with van der Waals surface area (Å²) in [6, 6.07) is 23.1. The number of fused-ring (bicyclic) bond motifs is 2. The van der Waals surface area contributed by atoms with Crippen LogP contribution in [-0.4, -0.2) is 49.0 Å². The minimum Gasteiger partial charge on any atom is -0.382 e. The SMILES string of the molecule is Nc1nc(NCc2ccncc2)nc2c1[nH]c(=O)n2Cc1ccc(CCl)cc1.Nc1nc(NCc2ccncc2)nc2c1[nH]c(=O)n2Cc1ccc(CCl)cc1. The van der Waals surface area contributed by atoms with Crippen LogP contribution in [0.25, 0.3) is 22.3 Å². The number of nitrogens with zero attached hydrogens (tertiary/aromatic N) is 8. The topological polar surface area (TPSA) is 229 Å². The summed E-state index contributed by atoms with van der Waals surface area (Å²) in [5.41, 5.74) is 19.3. The Morgan fingerprint density at radius 2 is 0.875 bits per heavy atom. The minimum absolute atomic E-state index is 0.218. The van der Waals surface area contributed by atoms with Crippen molar-refractivity contribution in [2.24, 2.45) is 0 Å². The maximum absolute atomic E-state index is 12.4. The van der Waals surface area contributed by atoms with E-state index in [1.165, 1.54) is 0 Å². The standard InChI is InChI=1S/2C19H18ClN7O/c2*20-9-12-1-3-14(4-2-12)11-27-17-15(24-19(27)28)16(21)25-18(26-17)23-10-13-5-7-22-8-6-13/h2*1-8H,9-11H2,(H,24,28)(H3,21,23,25,26). The fraction of sp³-hybridized carbons (Fsp3) is 0.158. The van der Waals surface area contributed by atoms with E-state index in [-0.39, 0.29) is 23.0 Å². The van der Waals surface area contributed by atoms with Crippen molar-refractivity contribution in [3.63, 3.8) is 0 Å². The first-order valence-corrected chi connectivity index (χ1v) is 18.4. The number of benzene rings is 2. The molecule has 8 aromatic rings. The number of anilines is 4. The van der Waals surface area contributed by atoms with Crippen molar-refractivity contribution in [3.05, 3.63) is 152 Å². The number of rotatable bonds is 12. The molecule has 6 heterocycles. The van der Waals surface area contributed by atoms with Gasteiger partial charge >= 0.3 is 11.4 Å². The second-order valence-electron chi connectivity index (χ2n) is 12.6. The van der Waals surface area contributed by atoms with Crippen LogP contribution in [-0.2, 0) is 37.9 Å². The van der Waals surface area contributed by atoms with Crippen LogP contribution in [0.2, 0.25) is 0 Å². The number of nitrogens with one attached hydrogen (secondary N) is 4. The van der Waals surface area contributed by atoms with Gasteiger partial charge in [0.2, 0.25) is 11.9 Å². The number of nitrogens with two attached hydrogens (primary N) is 2. The molecule has 16 nitrogen and oxygen atoms in total. The maximum atomic E-state index is 12.4. The maximum Gasteiger partial charge on any atom is 0.328 e. The van der Waals surface area contributed by atoms with Crippen molar-refractivity contribution in [1.29, 1.82) is 0 Å². The molecule has 0 radical (unpaired) electrons. The van der Waals surface area contributed by atoms with Crippen molar-refractivity contribution in [2.75, 3.05) is 22.1 Å². The zero-order chi connectivity index (χ0) is 39.0. The van der Waals surface area contributed by atoms with Gasteiger partial charge in [0.1, 0.15) is 11.0 Å². The Morgan fingerprint density at radius 1 is 0.518 bits per heavy atom. The van der Waals surface area contributed by atoms with E-state index in [0.717, 1.165) is 33.4 Å². The highest BCUT2D eigenvalue weighted by Gasteiger charge is 2.16. The molecule has 0 aliphatic heterocycles. The highest BCUT2D eigenvalue weighted by Crippen LogP contribution is 2.20. The molecule has 0 aliphatic rings. The molecule has 0 amide bonds. The van der Waals surface area contributed by atoms with Gasteiger partial charge in [0.25, 0.3) is 0 Å². The van der Waals surface area contributed by atoms with E-state index in [9.17, 15) is 9.59 Å². The van der Waals surface area contributed by atoms with Gasteiger partial charge in [-0.25, -0.2) is 9.59 Å². The van der Waals surface area contributed by atoms with Crippen LogP contribution in [0.15, 0.2) is 107 Å². The van der Waals surface area contributed by atoms with Crippen molar-refractivity contribution in [2.45, 2.75) is 37.9 Å². The van der Waals surface area contributed by atoms with E-state index in [0.29, 0.717) is 72.2 Å². The summed E-state index contributed by atoms with van der Waals surface area (Å²) >= 11 is 11.7. The van der Waals surface area contributed by atoms with E-state index >= 15 is 0 Å². The van der Waals surface area contributed by atoms with E-state index in [1.807, 2.05) is 72.8 Å². The molecule has 0 bridgehead atoms. The van der Waals surface area contributed by atoms with Crippen molar-refractivity contribution < 1.29 is 0 Å². The first-order chi connectivity index (χ1) is 27.3. The van der Waals surface area contributed by atoms with Gasteiger partial charge in [0.05, 0.1) is 13.1 Å². The molecular formula is C38H36Cl2N14O2. The van der Waals surface area contributed by atoms with E-state index in [4.69, 9.17) is 34.7 Å². The lowest BCUT2D eigenvalue weighted by Gasteiger charge is -2.08. The Kier molecular flexibility index (Phi) is 11.5. The summed E-state index contributed by atoms with van der Waals surface area (Å²) in [6.07, 6.45) is 6.87. The molecular weight excluding hydrogens is 755 g/mol. The number of nitrogen functional groups attached to an aromatic ring is 2. The molecule has 8 N–H and O–H groups in total. The number of alkyl halides is 2. The summed E-state index contributed by atoms with van der Waals surface area (Å²) in [5, 5.41) is 6.27. The predicted octanol–water partition coefficient (Wildman–Crippen LogP) is 4.99. The number of aromatic nitrogens is 10. The van der Waals surface area contributed by atoms with Crippen LogP contribution in [0.5, 0.6) is 0 Å². The number of H-pyrrole nitrogens is 2. The molecule has 0 spiro atoms. The molecule has 284 valence electrons. The van der Waals surface area contributed by atoms with Gasteiger partial charge in [0.15, 0.2) is 22.9 Å². The fourth-order valence-corrected chi connectivity index (χ4v) is 6.11. The third-order valence-electron chi connectivity index (χ3n) is 8.74. The molecule has 2 aromatic carbocycles. The highest BCUT2D eigenvalue weighted by atomic mass is 35.5. The quantitative estimate of drug-likeness (QED) is 0.0900. The molecule has 56 heavy (non-hydrogen) atoms. The Bertz CT molecular complexity index is 2490. The van der Waals surface area contributed by atoms with Crippen molar-refractivity contribution in [3.8, 4) is 0 Å². The molecule has 0 aliphatic carbocycles. The number of halogens is 2. The van der Waals surface area contributed by atoms with Crippen LogP contribution in [0, 0.1) is 0 Å². The molecule has 0 saturated heterocycles. The molecule has 18 heteroatoms. The summed E-state index contributed by atoms with van der Waals surface area (Å²) in [4.78, 5) is 55.8. The van der Waals surface area contributed by atoms with Crippen LogP contribution in [0.4, 0.5) is 23.5 Å². The van der Waals surface area contributed by atoms with E-state index in [2.05, 4.69) is 50.5 Å². The predicted molar refractivity (Wildman–Crippen MR) is 218 cm³/mol. The molecule has 0 atom stereocenters. The summed E-state index contributed by atoms with van der Waals surface area (Å²) < 4.78 is 3.08. The lowest BCUT2D eigenvalue weighted by Crippen LogP contribution is -2.18. The first-order valence-electron chi connectivity index (χ1n) is 17.3. The van der Waals surface area contributed by atoms with Gasteiger partial charge in [0, 0.05) is 49.6 Å². The van der Waals surface area contributed by atoms with Gasteiger partial charge in [-0.1, -0.05) is 48.5 Å². The van der Waals surface area contributed by atoms with E-state index in [1.54, 1.807) is 33.9 Å². The van der Waals surface area contributed by atoms with Gasteiger partial charge in [-0.15, -0.1) is 23.2 Å². The summed E-state index contributed by atoms with van der Waals surface area (Å²) in [6.45, 7) is 1.76. The zero-order valence-corrected chi connectivity index (χ0v) is 31.3. The average Bonchev–Trinajstić information content (AvgIpc) is 3.72. The van der Waals surface area contributed by atoms with Gasteiger partial charge in [-0.2, -0.15) is 19.9 Å². The third kappa shape index (κ3) is 8.77. The second-order valence-corrected chi connectivity index (χ2v) is 13.1. The summed E-state index contributed by atoms with van der Waals surface area (Å²) in [7, 11) is 0. The lowest BCUT2D eigenvalue weighted by molar-refractivity contribution is 0.777.